The highest BCUT2D eigenvalue weighted by atomic mass is 16.4. The summed E-state index contributed by atoms with van der Waals surface area (Å²) in [6, 6.07) is 14.4. The van der Waals surface area contributed by atoms with Crippen molar-refractivity contribution in [3.8, 4) is 0 Å². The molecule has 2 heterocycles. The highest BCUT2D eigenvalue weighted by molar-refractivity contribution is 5.83. The van der Waals surface area contributed by atoms with Crippen LogP contribution in [-0.4, -0.2) is 15.1 Å². The molecule has 0 aliphatic rings. The molecule has 0 saturated heterocycles. The molecule has 0 saturated carbocycles. The molecule has 5 nitrogen and oxygen atoms in total. The highest BCUT2D eigenvalue weighted by Crippen LogP contribution is 2.28. The molecule has 0 bridgehead atoms. The fourth-order valence-electron chi connectivity index (χ4n) is 2.60. The zero-order valence-corrected chi connectivity index (χ0v) is 11.5. The van der Waals surface area contributed by atoms with Crippen LogP contribution in [0.3, 0.4) is 0 Å². The van der Waals surface area contributed by atoms with E-state index in [1.54, 1.807) is 30.5 Å². The van der Waals surface area contributed by atoms with Crippen LogP contribution in [0.15, 0.2) is 63.9 Å². The third-order valence-corrected chi connectivity index (χ3v) is 3.69. The molecule has 1 unspecified atom stereocenters. The predicted molar refractivity (Wildman–Crippen MR) is 82.6 cm³/mol. The van der Waals surface area contributed by atoms with Crippen LogP contribution in [0.25, 0.3) is 21.9 Å². The highest BCUT2D eigenvalue weighted by Gasteiger charge is 2.20. The Morgan fingerprint density at radius 3 is 2.64 bits per heavy atom. The second kappa shape index (κ2) is 4.82. The van der Waals surface area contributed by atoms with Gasteiger partial charge in [-0.3, -0.25) is 4.79 Å². The van der Waals surface area contributed by atoms with Gasteiger partial charge in [0.15, 0.2) is 6.10 Å². The Hall–Kier alpha value is -2.92. The van der Waals surface area contributed by atoms with Gasteiger partial charge in [-0.2, -0.15) is 4.98 Å². The molecule has 0 radical (unpaired) electrons. The number of fused-ring (bicyclic) bond motifs is 2. The Kier molecular flexibility index (Phi) is 2.80. The molecule has 5 heteroatoms. The minimum atomic E-state index is -1.10. The molecule has 2 aromatic heterocycles. The number of aromatic amines is 1. The molecule has 22 heavy (non-hydrogen) atoms. The zero-order valence-electron chi connectivity index (χ0n) is 11.5. The van der Waals surface area contributed by atoms with Crippen LogP contribution in [0.5, 0.6) is 0 Å². The van der Waals surface area contributed by atoms with E-state index in [1.165, 1.54) is 0 Å². The molecule has 4 rings (SSSR count). The maximum absolute atomic E-state index is 12.0. The number of nitrogens with zero attached hydrogens (tertiary/aromatic N) is 1. The largest absolute Gasteiger partial charge is 0.439 e. The molecule has 2 N–H and O–H groups in total. The number of hydrogen-bond donors (Lipinski definition) is 2. The number of aromatic nitrogens is 2. The summed E-state index contributed by atoms with van der Waals surface area (Å²) in [5, 5.41) is 11.8. The lowest BCUT2D eigenvalue weighted by Gasteiger charge is -2.08. The molecule has 2 aromatic carbocycles. The molecular formula is C17H12N2O3. The van der Waals surface area contributed by atoms with E-state index in [0.717, 1.165) is 10.9 Å². The van der Waals surface area contributed by atoms with Crippen molar-refractivity contribution < 1.29 is 9.52 Å². The summed E-state index contributed by atoms with van der Waals surface area (Å²) in [5.74, 6) is -0.00606. The quantitative estimate of drug-likeness (QED) is 0.595. The molecule has 4 aromatic rings. The lowest BCUT2D eigenvalue weighted by molar-refractivity contribution is 0.183. The van der Waals surface area contributed by atoms with E-state index in [1.807, 2.05) is 24.3 Å². The minimum absolute atomic E-state index is 0.00606. The fraction of sp³-hybridized carbons (Fsp3) is 0.0588. The van der Waals surface area contributed by atoms with Gasteiger partial charge in [-0.1, -0.05) is 30.3 Å². The van der Waals surface area contributed by atoms with Crippen LogP contribution < -0.4 is 5.56 Å². The molecular weight excluding hydrogens is 280 g/mol. The summed E-state index contributed by atoms with van der Waals surface area (Å²) >= 11 is 0. The van der Waals surface area contributed by atoms with Crippen molar-refractivity contribution in [2.75, 3.05) is 0 Å². The number of nitrogens with one attached hydrogen (secondary N) is 1. The minimum Gasteiger partial charge on any atom is -0.439 e. The Labute approximate surface area is 124 Å². The molecule has 0 fully saturated rings. The number of para-hydroxylation sites is 2. The van der Waals surface area contributed by atoms with Crippen molar-refractivity contribution in [1.82, 2.24) is 9.97 Å². The number of rotatable bonds is 2. The Morgan fingerprint density at radius 2 is 1.77 bits per heavy atom. The van der Waals surface area contributed by atoms with Crippen LogP contribution in [0.4, 0.5) is 0 Å². The first-order valence-corrected chi connectivity index (χ1v) is 6.88. The van der Waals surface area contributed by atoms with Crippen molar-refractivity contribution in [2.45, 2.75) is 6.10 Å². The van der Waals surface area contributed by atoms with Crippen LogP contribution in [0.1, 0.15) is 17.6 Å². The molecule has 108 valence electrons. The Balaban J connectivity index is 1.89. The summed E-state index contributed by atoms with van der Waals surface area (Å²) in [5.41, 5.74) is 1.54. The second-order valence-electron chi connectivity index (χ2n) is 5.05. The monoisotopic (exact) mass is 292 g/mol. The van der Waals surface area contributed by atoms with E-state index in [0.29, 0.717) is 16.5 Å². The van der Waals surface area contributed by atoms with Gasteiger partial charge >= 0.3 is 0 Å². The van der Waals surface area contributed by atoms with Crippen molar-refractivity contribution in [2.24, 2.45) is 0 Å². The topological polar surface area (TPSA) is 79.1 Å². The van der Waals surface area contributed by atoms with Gasteiger partial charge < -0.3 is 14.5 Å². The van der Waals surface area contributed by atoms with E-state index >= 15 is 0 Å². The smallest absolute Gasteiger partial charge is 0.283 e. The maximum Gasteiger partial charge on any atom is 0.283 e. The third kappa shape index (κ3) is 1.91. The number of aliphatic hydroxyl groups is 1. The molecule has 0 aliphatic carbocycles. The number of H-pyrrole nitrogens is 1. The van der Waals surface area contributed by atoms with E-state index in [-0.39, 0.29) is 5.89 Å². The van der Waals surface area contributed by atoms with E-state index < -0.39 is 11.7 Å². The van der Waals surface area contributed by atoms with Crippen LogP contribution in [-0.2, 0) is 0 Å². The lowest BCUT2D eigenvalue weighted by atomic mass is 10.1. The van der Waals surface area contributed by atoms with Crippen molar-refractivity contribution in [1.29, 1.82) is 0 Å². The van der Waals surface area contributed by atoms with Crippen LogP contribution in [0, 0.1) is 0 Å². The first kappa shape index (κ1) is 12.8. The lowest BCUT2D eigenvalue weighted by Crippen LogP contribution is -2.12. The van der Waals surface area contributed by atoms with E-state index in [9.17, 15) is 9.90 Å². The zero-order chi connectivity index (χ0) is 15.1. The maximum atomic E-state index is 12.0. The molecule has 0 spiro atoms. The number of aliphatic hydroxyl groups excluding tert-OH is 1. The van der Waals surface area contributed by atoms with Gasteiger partial charge in [0.2, 0.25) is 5.89 Å². The van der Waals surface area contributed by atoms with Gasteiger partial charge in [0.25, 0.3) is 5.56 Å². The van der Waals surface area contributed by atoms with Crippen molar-refractivity contribution >= 4 is 21.9 Å². The summed E-state index contributed by atoms with van der Waals surface area (Å²) in [4.78, 5) is 19.0. The Morgan fingerprint density at radius 1 is 1.05 bits per heavy atom. The average molecular weight is 292 g/mol. The van der Waals surface area contributed by atoms with Gasteiger partial charge in [-0.05, 0) is 18.2 Å². The molecule has 0 aliphatic heterocycles. The summed E-state index contributed by atoms with van der Waals surface area (Å²) in [6.07, 6.45) is 0.597. The van der Waals surface area contributed by atoms with E-state index in [2.05, 4.69) is 9.97 Å². The third-order valence-electron chi connectivity index (χ3n) is 3.69. The second-order valence-corrected chi connectivity index (χ2v) is 5.05. The van der Waals surface area contributed by atoms with Gasteiger partial charge in [0, 0.05) is 22.7 Å². The average Bonchev–Trinajstić information content (AvgIpc) is 2.98. The number of hydrogen-bond acceptors (Lipinski definition) is 4. The van der Waals surface area contributed by atoms with Gasteiger partial charge in [0.1, 0.15) is 5.58 Å². The summed E-state index contributed by atoms with van der Waals surface area (Å²) in [6.45, 7) is 0. The first-order chi connectivity index (χ1) is 10.7. The van der Waals surface area contributed by atoms with Gasteiger partial charge in [-0.15, -0.1) is 0 Å². The fourth-order valence-corrected chi connectivity index (χ4v) is 2.60. The van der Waals surface area contributed by atoms with E-state index in [4.69, 9.17) is 4.42 Å². The number of benzene rings is 2. The van der Waals surface area contributed by atoms with Crippen LogP contribution in [0.2, 0.25) is 0 Å². The molecule has 1 atom stereocenters. The predicted octanol–water partition coefficient (Wildman–Crippen LogP) is 2.75. The first-order valence-electron chi connectivity index (χ1n) is 6.88. The SMILES string of the molecule is O=c1nc(C(O)c2c[nH]c3ccccc23)oc2ccccc12. The summed E-state index contributed by atoms with van der Waals surface area (Å²) in [7, 11) is 0. The van der Waals surface area contributed by atoms with Gasteiger partial charge in [0.05, 0.1) is 5.39 Å². The Bertz CT molecular complexity index is 1030. The summed E-state index contributed by atoms with van der Waals surface area (Å²) < 4.78 is 5.60. The van der Waals surface area contributed by atoms with Crippen molar-refractivity contribution in [3.05, 3.63) is 76.5 Å². The van der Waals surface area contributed by atoms with Crippen LogP contribution >= 0.6 is 0 Å². The standard InChI is InChI=1S/C17H12N2O3/c20-15(12-9-18-13-7-3-1-5-10(12)13)17-19-16(21)11-6-2-4-8-14(11)22-17/h1-9,15,18,20H. The van der Waals surface area contributed by atoms with Crippen molar-refractivity contribution in [3.63, 3.8) is 0 Å². The van der Waals surface area contributed by atoms with Gasteiger partial charge in [-0.25, -0.2) is 0 Å². The molecule has 0 amide bonds. The normalized spacial score (nSPS) is 12.8.